The van der Waals surface area contributed by atoms with E-state index in [9.17, 15) is 9.59 Å². The molecular weight excluding hydrogens is 252 g/mol. The molecule has 20 heavy (non-hydrogen) atoms. The van der Waals surface area contributed by atoms with E-state index in [2.05, 4.69) is 11.9 Å². The Hall–Kier alpha value is -1.68. The third-order valence-corrected chi connectivity index (χ3v) is 4.49. The molecule has 0 bridgehead atoms. The van der Waals surface area contributed by atoms with Crippen LogP contribution in [0.4, 0.5) is 0 Å². The van der Waals surface area contributed by atoms with Crippen molar-refractivity contribution in [3.8, 4) is 0 Å². The van der Waals surface area contributed by atoms with E-state index in [1.807, 2.05) is 12.1 Å². The quantitative estimate of drug-likeness (QED) is 0.792. The van der Waals surface area contributed by atoms with Crippen molar-refractivity contribution in [2.24, 2.45) is 0 Å². The van der Waals surface area contributed by atoms with Crippen molar-refractivity contribution >= 4 is 11.8 Å². The lowest BCUT2D eigenvalue weighted by molar-refractivity contribution is 0.0630. The highest BCUT2D eigenvalue weighted by molar-refractivity contribution is 6.21. The highest BCUT2D eigenvalue weighted by Gasteiger charge is 2.35. The Bertz CT molecular complexity index is 506. The number of piperidine rings is 1. The average molecular weight is 272 g/mol. The molecule has 0 saturated carbocycles. The van der Waals surface area contributed by atoms with Gasteiger partial charge in [0.2, 0.25) is 0 Å². The minimum Gasteiger partial charge on any atom is -0.303 e. The van der Waals surface area contributed by atoms with Crippen molar-refractivity contribution < 1.29 is 9.59 Å². The van der Waals surface area contributed by atoms with E-state index in [1.165, 1.54) is 24.2 Å². The zero-order valence-electron chi connectivity index (χ0n) is 11.8. The molecular formula is C16H20N2O2. The highest BCUT2D eigenvalue weighted by atomic mass is 16.2. The third-order valence-electron chi connectivity index (χ3n) is 4.49. The molecule has 2 heterocycles. The number of hydrogen-bond acceptors (Lipinski definition) is 3. The molecule has 3 rings (SSSR count). The van der Waals surface area contributed by atoms with E-state index in [4.69, 9.17) is 0 Å². The van der Waals surface area contributed by atoms with Gasteiger partial charge in [-0.25, -0.2) is 0 Å². The van der Waals surface area contributed by atoms with Crippen LogP contribution in [0.1, 0.15) is 46.4 Å². The van der Waals surface area contributed by atoms with Gasteiger partial charge in [0.1, 0.15) is 0 Å². The van der Waals surface area contributed by atoms with E-state index >= 15 is 0 Å². The molecule has 1 saturated heterocycles. The minimum absolute atomic E-state index is 0.135. The molecule has 0 N–H and O–H groups in total. The van der Waals surface area contributed by atoms with Crippen LogP contribution < -0.4 is 0 Å². The summed E-state index contributed by atoms with van der Waals surface area (Å²) in [5.41, 5.74) is 1.10. The molecule has 2 aliphatic heterocycles. The fraction of sp³-hybridized carbons (Fsp3) is 0.500. The predicted octanol–water partition coefficient (Wildman–Crippen LogP) is 2.16. The summed E-state index contributed by atoms with van der Waals surface area (Å²) >= 11 is 0. The summed E-state index contributed by atoms with van der Waals surface area (Å²) in [6.45, 7) is 1.65. The zero-order chi connectivity index (χ0) is 14.1. The first-order valence-corrected chi connectivity index (χ1v) is 7.34. The van der Waals surface area contributed by atoms with Crippen molar-refractivity contribution in [2.45, 2.75) is 31.7 Å². The molecule has 0 radical (unpaired) electrons. The first-order chi connectivity index (χ1) is 9.68. The van der Waals surface area contributed by atoms with Gasteiger partial charge in [0.25, 0.3) is 11.8 Å². The van der Waals surface area contributed by atoms with Gasteiger partial charge in [0.05, 0.1) is 11.1 Å². The van der Waals surface area contributed by atoms with Crippen molar-refractivity contribution in [1.29, 1.82) is 0 Å². The maximum atomic E-state index is 12.3. The van der Waals surface area contributed by atoms with E-state index < -0.39 is 0 Å². The van der Waals surface area contributed by atoms with Gasteiger partial charge >= 0.3 is 0 Å². The molecule has 106 valence electrons. The fourth-order valence-electron chi connectivity index (χ4n) is 3.23. The molecule has 0 spiro atoms. The van der Waals surface area contributed by atoms with Crippen molar-refractivity contribution in [3.05, 3.63) is 35.4 Å². The Morgan fingerprint density at radius 1 is 1.10 bits per heavy atom. The maximum absolute atomic E-state index is 12.3. The van der Waals surface area contributed by atoms with Crippen LogP contribution in [-0.2, 0) is 0 Å². The monoisotopic (exact) mass is 272 g/mol. The lowest BCUT2D eigenvalue weighted by atomic mass is 10.00. The van der Waals surface area contributed by atoms with Crippen LogP contribution in [0.3, 0.4) is 0 Å². The standard InChI is InChI=1S/C16H20N2O2/c1-17-10-5-4-6-12(17)9-11-18-15(19)13-7-2-3-8-14(13)16(18)20/h2-3,7-8,12H,4-6,9-11H2,1H3. The second kappa shape index (κ2) is 5.37. The van der Waals surface area contributed by atoms with Gasteiger partial charge in [0, 0.05) is 12.6 Å². The molecule has 4 nitrogen and oxygen atoms in total. The Balaban J connectivity index is 1.67. The number of amides is 2. The summed E-state index contributed by atoms with van der Waals surface area (Å²) in [5, 5.41) is 0. The summed E-state index contributed by atoms with van der Waals surface area (Å²) in [6, 6.07) is 7.59. The second-order valence-electron chi connectivity index (χ2n) is 5.73. The largest absolute Gasteiger partial charge is 0.303 e. The number of carbonyl (C=O) groups excluding carboxylic acids is 2. The Morgan fingerprint density at radius 2 is 1.75 bits per heavy atom. The van der Waals surface area contributed by atoms with Crippen molar-refractivity contribution in [1.82, 2.24) is 9.80 Å². The molecule has 2 aliphatic rings. The molecule has 1 aromatic carbocycles. The molecule has 4 heteroatoms. The van der Waals surface area contributed by atoms with Gasteiger partial charge < -0.3 is 4.90 Å². The fourth-order valence-corrected chi connectivity index (χ4v) is 3.23. The molecule has 1 unspecified atom stereocenters. The summed E-state index contributed by atoms with van der Waals surface area (Å²) < 4.78 is 0. The Kier molecular flexibility index (Phi) is 3.57. The van der Waals surface area contributed by atoms with Gasteiger partial charge in [-0.2, -0.15) is 0 Å². The summed E-state index contributed by atoms with van der Waals surface area (Å²) in [6.07, 6.45) is 4.54. The number of imide groups is 1. The minimum atomic E-state index is -0.135. The number of hydrogen-bond donors (Lipinski definition) is 0. The lowest BCUT2D eigenvalue weighted by Gasteiger charge is -2.33. The van der Waals surface area contributed by atoms with Crippen molar-refractivity contribution in [2.75, 3.05) is 20.1 Å². The van der Waals surface area contributed by atoms with Crippen LogP contribution in [0.25, 0.3) is 0 Å². The number of nitrogens with zero attached hydrogens (tertiary/aromatic N) is 2. The number of rotatable bonds is 3. The summed E-state index contributed by atoms with van der Waals surface area (Å²) in [7, 11) is 2.13. The lowest BCUT2D eigenvalue weighted by Crippen LogP contribution is -2.40. The normalized spacial score (nSPS) is 23.2. The van der Waals surface area contributed by atoms with Gasteiger partial charge in [-0.15, -0.1) is 0 Å². The van der Waals surface area contributed by atoms with Gasteiger partial charge in [0.15, 0.2) is 0 Å². The first-order valence-electron chi connectivity index (χ1n) is 7.34. The first kappa shape index (κ1) is 13.3. The maximum Gasteiger partial charge on any atom is 0.261 e. The zero-order valence-corrected chi connectivity index (χ0v) is 11.8. The van der Waals surface area contributed by atoms with Crippen LogP contribution >= 0.6 is 0 Å². The molecule has 1 atom stereocenters. The van der Waals surface area contributed by atoms with Crippen LogP contribution in [0.2, 0.25) is 0 Å². The van der Waals surface area contributed by atoms with Crippen LogP contribution in [-0.4, -0.2) is 47.8 Å². The van der Waals surface area contributed by atoms with Gasteiger partial charge in [-0.3, -0.25) is 14.5 Å². The third kappa shape index (κ3) is 2.24. The second-order valence-corrected chi connectivity index (χ2v) is 5.73. The Morgan fingerprint density at radius 3 is 2.35 bits per heavy atom. The number of fused-ring (bicyclic) bond motifs is 1. The number of benzene rings is 1. The smallest absolute Gasteiger partial charge is 0.261 e. The average Bonchev–Trinajstić information content (AvgIpc) is 2.71. The molecule has 0 aliphatic carbocycles. The summed E-state index contributed by atoms with van der Waals surface area (Å²) in [5.74, 6) is -0.270. The molecule has 0 aromatic heterocycles. The summed E-state index contributed by atoms with van der Waals surface area (Å²) in [4.78, 5) is 28.3. The Labute approximate surface area is 119 Å². The topological polar surface area (TPSA) is 40.6 Å². The number of likely N-dealkylation sites (tertiary alicyclic amines) is 1. The van der Waals surface area contributed by atoms with E-state index in [1.54, 1.807) is 12.1 Å². The van der Waals surface area contributed by atoms with Crippen LogP contribution in [0.5, 0.6) is 0 Å². The SMILES string of the molecule is CN1CCCCC1CCN1C(=O)c2ccccc2C1=O. The van der Waals surface area contributed by atoms with Gasteiger partial charge in [-0.1, -0.05) is 18.6 Å². The molecule has 1 aromatic rings. The van der Waals surface area contributed by atoms with E-state index in [0.29, 0.717) is 23.7 Å². The van der Waals surface area contributed by atoms with Crippen LogP contribution in [0, 0.1) is 0 Å². The predicted molar refractivity (Wildman–Crippen MR) is 76.7 cm³/mol. The van der Waals surface area contributed by atoms with E-state index in [0.717, 1.165) is 13.0 Å². The van der Waals surface area contributed by atoms with Gasteiger partial charge in [-0.05, 0) is 45.0 Å². The molecule has 1 fully saturated rings. The van der Waals surface area contributed by atoms with Crippen molar-refractivity contribution in [3.63, 3.8) is 0 Å². The molecule has 2 amide bonds. The van der Waals surface area contributed by atoms with E-state index in [-0.39, 0.29) is 11.8 Å². The highest BCUT2D eigenvalue weighted by Crippen LogP contribution is 2.24. The number of carbonyl (C=O) groups is 2. The van der Waals surface area contributed by atoms with Crippen LogP contribution in [0.15, 0.2) is 24.3 Å².